The Morgan fingerprint density at radius 3 is 0.636 bits per heavy atom. The van der Waals surface area contributed by atoms with E-state index in [1.165, 1.54) is 0 Å². The Kier molecular flexibility index (Phi) is 10.1. The van der Waals surface area contributed by atoms with E-state index < -0.39 is 27.8 Å². The molecule has 0 bridgehead atoms. The van der Waals surface area contributed by atoms with Gasteiger partial charge in [-0.3, -0.25) is 0 Å². The van der Waals surface area contributed by atoms with E-state index >= 15 is 0 Å². The van der Waals surface area contributed by atoms with E-state index in [9.17, 15) is 22.0 Å². The van der Waals surface area contributed by atoms with Crippen LogP contribution < -0.4 is 0 Å². The first-order valence-corrected chi connectivity index (χ1v) is 8.18. The lowest BCUT2D eigenvalue weighted by molar-refractivity contribution is -0.0546. The van der Waals surface area contributed by atoms with Gasteiger partial charge in [-0.05, 0) is 0 Å². The van der Waals surface area contributed by atoms with Crippen LogP contribution in [-0.4, -0.2) is 27.8 Å². The molecule has 0 aromatic carbocycles. The second-order valence-corrected chi connectivity index (χ2v) is 10.5. The minimum Gasteiger partial charge on any atom is -0.204 e. The van der Waals surface area contributed by atoms with E-state index in [4.69, 9.17) is 69.6 Å². The average molecular weight is 557 g/mol. The first kappa shape index (κ1) is 27.1. The largest absolute Gasteiger partial charge is 0.355 e. The van der Waals surface area contributed by atoms with Crippen molar-refractivity contribution in [2.75, 3.05) is 0 Å². The fourth-order valence-corrected chi connectivity index (χ4v) is 2.00. The molecule has 0 aromatic heterocycles. The Balaban J connectivity index is 0. The predicted octanol–water partition coefficient (Wildman–Crippen LogP) is 8.45. The number of hydrogen-bond acceptors (Lipinski definition) is 0. The molecule has 136 valence electrons. The fraction of sp³-hybridized carbons (Fsp3) is 1.00. The Bertz CT molecular complexity index is 291. The number of alkyl halides is 16. The van der Waals surface area contributed by atoms with Gasteiger partial charge < -0.3 is 0 Å². The van der Waals surface area contributed by atoms with Crippen molar-refractivity contribution in [2.24, 2.45) is 0 Å². The van der Waals surface area contributed by atoms with Crippen LogP contribution in [0.4, 0.5) is 22.0 Å². The normalized spacial score (nSPS) is 15.3. The summed E-state index contributed by atoms with van der Waals surface area (Å²) >= 11 is 51.7. The van der Waals surface area contributed by atoms with Gasteiger partial charge in [0.25, 0.3) is 13.0 Å². The van der Waals surface area contributed by atoms with Crippen molar-refractivity contribution < 1.29 is 22.0 Å². The Morgan fingerprint density at radius 2 is 0.636 bits per heavy atom. The summed E-state index contributed by atoms with van der Waals surface area (Å²) < 4.78 is 45.4. The minimum absolute atomic E-state index is 2.95. The van der Waals surface area contributed by atoms with Gasteiger partial charge in [0.1, 0.15) is 0 Å². The van der Waals surface area contributed by atoms with E-state index in [2.05, 4.69) is 58.0 Å². The monoisotopic (exact) mass is 552 g/mol. The molecular formula is C6Cl11F5. The van der Waals surface area contributed by atoms with Crippen LogP contribution in [0.5, 0.6) is 0 Å². The van der Waals surface area contributed by atoms with Crippen molar-refractivity contribution in [3.05, 3.63) is 0 Å². The summed E-state index contributed by atoms with van der Waals surface area (Å²) in [6, 6.07) is 0. The van der Waals surface area contributed by atoms with Gasteiger partial charge in [0, 0.05) is 0 Å². The molecule has 0 unspecified atom stereocenters. The quantitative estimate of drug-likeness (QED) is 0.242. The summed E-state index contributed by atoms with van der Waals surface area (Å²) in [7, 11) is 0. The second kappa shape index (κ2) is 8.24. The van der Waals surface area contributed by atoms with E-state index in [0.717, 1.165) is 0 Å². The van der Waals surface area contributed by atoms with Gasteiger partial charge in [0.05, 0.1) is 0 Å². The van der Waals surface area contributed by atoms with Crippen LogP contribution in [0.3, 0.4) is 0 Å². The van der Waals surface area contributed by atoms with Gasteiger partial charge in [-0.2, -0.15) is 8.78 Å². The SMILES string of the molecule is FC(Cl)(Cl)C(Cl)(Cl)C(F)(Cl)Cl.FC(Cl)(Cl)C(F)(F)C(Cl)(Cl)Cl. The molecule has 0 saturated carbocycles. The third-order valence-electron chi connectivity index (χ3n) is 1.42. The van der Waals surface area contributed by atoms with Crippen LogP contribution in [0.15, 0.2) is 0 Å². The molecule has 0 aliphatic carbocycles. The number of rotatable bonds is 3. The van der Waals surface area contributed by atoms with E-state index in [0.29, 0.717) is 0 Å². The first-order chi connectivity index (χ1) is 9.00. The molecule has 0 fully saturated rings. The van der Waals surface area contributed by atoms with Gasteiger partial charge in [-0.15, -0.1) is 0 Å². The summed E-state index contributed by atoms with van der Waals surface area (Å²) in [5.74, 6) is -4.46. The molecule has 0 atom stereocenters. The van der Waals surface area contributed by atoms with Crippen LogP contribution >= 0.6 is 128 Å². The third-order valence-corrected chi connectivity index (χ3v) is 5.56. The maximum Gasteiger partial charge on any atom is 0.355 e. The third kappa shape index (κ3) is 7.22. The zero-order chi connectivity index (χ0) is 19.0. The molecule has 0 amide bonds. The highest BCUT2D eigenvalue weighted by Crippen LogP contribution is 2.55. The van der Waals surface area contributed by atoms with Crippen LogP contribution in [0.2, 0.25) is 0 Å². The smallest absolute Gasteiger partial charge is 0.204 e. The molecule has 0 N–H and O–H groups in total. The average Bonchev–Trinajstić information content (AvgIpc) is 2.10. The van der Waals surface area contributed by atoms with Gasteiger partial charge in [-0.25, -0.2) is 13.2 Å². The van der Waals surface area contributed by atoms with Crippen LogP contribution in [0.25, 0.3) is 0 Å². The summed E-state index contributed by atoms with van der Waals surface area (Å²) in [6.45, 7) is 0. The molecule has 0 nitrogen and oxygen atoms in total. The van der Waals surface area contributed by atoms with Crippen LogP contribution in [0.1, 0.15) is 0 Å². The summed E-state index contributed by atoms with van der Waals surface area (Å²) in [5, 5.41) is 0. The molecule has 0 radical (unpaired) electrons. The Hall–Kier alpha value is 2.84. The zero-order valence-corrected chi connectivity index (χ0v) is 17.4. The van der Waals surface area contributed by atoms with Gasteiger partial charge in [0.15, 0.2) is 0 Å². The van der Waals surface area contributed by atoms with Gasteiger partial charge in [0.2, 0.25) is 4.33 Å². The zero-order valence-electron chi connectivity index (χ0n) is 9.05. The van der Waals surface area contributed by atoms with Crippen molar-refractivity contribution in [2.45, 2.75) is 27.8 Å². The molecule has 0 heterocycles. The number of hydrogen-bond donors (Lipinski definition) is 0. The molecular weight excluding hydrogens is 557 g/mol. The lowest BCUT2D eigenvalue weighted by atomic mass is 10.4. The Labute approximate surface area is 176 Å². The van der Waals surface area contributed by atoms with E-state index in [1.54, 1.807) is 0 Å². The standard InChI is InChI=1S/C3Cl6F2.C3Cl5F3/c4-1(5,2(6,7)10)3(8,9)11;4-2(5,6)1(9,10)3(7,8)11. The highest BCUT2D eigenvalue weighted by atomic mass is 35.6. The maximum atomic E-state index is 12.5. The summed E-state index contributed by atoms with van der Waals surface area (Å²) in [4.78, 5) is 0. The minimum atomic E-state index is -4.46. The van der Waals surface area contributed by atoms with Gasteiger partial charge in [-0.1, -0.05) is 128 Å². The molecule has 0 rings (SSSR count). The highest BCUT2D eigenvalue weighted by molar-refractivity contribution is 6.69. The second-order valence-electron chi connectivity index (χ2n) is 3.14. The molecule has 0 aromatic rings. The molecule has 16 heteroatoms. The van der Waals surface area contributed by atoms with Crippen molar-refractivity contribution >= 4 is 128 Å². The fourth-order valence-electron chi connectivity index (χ4n) is 0.321. The van der Waals surface area contributed by atoms with Crippen molar-refractivity contribution in [3.63, 3.8) is 0 Å². The molecule has 22 heavy (non-hydrogen) atoms. The lowest BCUT2D eigenvalue weighted by Gasteiger charge is -2.30. The van der Waals surface area contributed by atoms with Crippen LogP contribution in [0, 0.1) is 0 Å². The summed E-state index contributed by atoms with van der Waals surface area (Å²) in [5.41, 5.74) is 0. The van der Waals surface area contributed by atoms with Crippen molar-refractivity contribution in [3.8, 4) is 0 Å². The molecule has 0 saturated heterocycles. The highest BCUT2D eigenvalue weighted by Gasteiger charge is 2.65. The lowest BCUT2D eigenvalue weighted by Crippen LogP contribution is -2.46. The predicted molar refractivity (Wildman–Crippen MR) is 86.3 cm³/mol. The molecule has 0 aliphatic heterocycles. The molecule has 0 aliphatic rings. The van der Waals surface area contributed by atoms with Crippen LogP contribution in [-0.2, 0) is 0 Å². The van der Waals surface area contributed by atoms with Crippen molar-refractivity contribution in [1.82, 2.24) is 0 Å². The van der Waals surface area contributed by atoms with E-state index in [1.807, 2.05) is 0 Å². The maximum absolute atomic E-state index is 12.5. The Morgan fingerprint density at radius 1 is 0.409 bits per heavy atom. The topological polar surface area (TPSA) is 0 Å². The van der Waals surface area contributed by atoms with E-state index in [-0.39, 0.29) is 0 Å². The molecule has 0 spiro atoms. The van der Waals surface area contributed by atoms with Gasteiger partial charge >= 0.3 is 10.5 Å². The van der Waals surface area contributed by atoms with Crippen molar-refractivity contribution in [1.29, 1.82) is 0 Å². The first-order valence-electron chi connectivity index (χ1n) is 4.02. The number of halogens is 16. The summed E-state index contributed by atoms with van der Waals surface area (Å²) in [6.07, 6.45) is 0.